The molecule has 1 saturated carbocycles. The van der Waals surface area contributed by atoms with Crippen LogP contribution in [-0.4, -0.2) is 43.2 Å². The summed E-state index contributed by atoms with van der Waals surface area (Å²) in [6.07, 6.45) is 3.17. The predicted octanol–water partition coefficient (Wildman–Crippen LogP) is 3.13. The minimum absolute atomic E-state index is 0.0879. The second-order valence-electron chi connectivity index (χ2n) is 7.40. The van der Waals surface area contributed by atoms with Crippen LogP contribution in [0.1, 0.15) is 35.2 Å². The van der Waals surface area contributed by atoms with E-state index in [9.17, 15) is 13.2 Å². The Bertz CT molecular complexity index is 919. The first-order valence-electron chi connectivity index (χ1n) is 9.47. The first kappa shape index (κ1) is 18.2. The van der Waals surface area contributed by atoms with Crippen LogP contribution in [0.25, 0.3) is 0 Å². The van der Waals surface area contributed by atoms with Crippen LogP contribution in [0, 0.1) is 5.92 Å². The van der Waals surface area contributed by atoms with E-state index in [1.807, 2.05) is 30.3 Å². The lowest BCUT2D eigenvalue weighted by Gasteiger charge is -2.31. The van der Waals surface area contributed by atoms with Gasteiger partial charge in [0.1, 0.15) is 0 Å². The number of nitrogens with zero attached hydrogens (tertiary/aromatic N) is 2. The average Bonchev–Trinajstić information content (AvgIpc) is 3.45. The fraction of sp³-hybridized carbons (Fsp3) is 0.381. The van der Waals surface area contributed by atoms with Crippen molar-refractivity contribution in [2.24, 2.45) is 5.92 Å². The molecule has 0 unspecified atom stereocenters. The van der Waals surface area contributed by atoms with Gasteiger partial charge in [0.2, 0.25) is 10.0 Å². The third kappa shape index (κ3) is 4.06. The van der Waals surface area contributed by atoms with Crippen LogP contribution in [-0.2, 0) is 16.6 Å². The summed E-state index contributed by atoms with van der Waals surface area (Å²) in [4.78, 5) is 14.4. The summed E-state index contributed by atoms with van der Waals surface area (Å²) in [5.41, 5.74) is 1.41. The molecule has 4 rings (SSSR count). The van der Waals surface area contributed by atoms with E-state index in [-0.39, 0.29) is 10.8 Å². The number of hydrogen-bond donors (Lipinski definition) is 0. The Morgan fingerprint density at radius 3 is 2.41 bits per heavy atom. The number of likely N-dealkylation sites (tertiary alicyclic amines) is 1. The molecule has 0 atom stereocenters. The highest BCUT2D eigenvalue weighted by atomic mass is 32.2. The lowest BCUT2D eigenvalue weighted by atomic mass is 10.1. The first-order valence-corrected chi connectivity index (χ1v) is 10.9. The van der Waals surface area contributed by atoms with Crippen molar-refractivity contribution < 1.29 is 13.2 Å². The molecule has 5 nitrogen and oxygen atoms in total. The molecule has 27 heavy (non-hydrogen) atoms. The lowest BCUT2D eigenvalue weighted by Crippen LogP contribution is -2.42. The van der Waals surface area contributed by atoms with E-state index in [1.54, 1.807) is 27.4 Å². The zero-order valence-electron chi connectivity index (χ0n) is 15.3. The Labute approximate surface area is 160 Å². The van der Waals surface area contributed by atoms with Gasteiger partial charge in [-0.25, -0.2) is 8.42 Å². The van der Waals surface area contributed by atoms with Crippen molar-refractivity contribution in [3.05, 3.63) is 65.7 Å². The zero-order chi connectivity index (χ0) is 18.9. The van der Waals surface area contributed by atoms with Crippen LogP contribution in [0.15, 0.2) is 59.5 Å². The van der Waals surface area contributed by atoms with E-state index in [1.165, 1.54) is 6.07 Å². The number of rotatable bonds is 7. The van der Waals surface area contributed by atoms with Crippen molar-refractivity contribution in [1.29, 1.82) is 0 Å². The quantitative estimate of drug-likeness (QED) is 0.737. The highest BCUT2D eigenvalue weighted by Gasteiger charge is 2.32. The highest BCUT2D eigenvalue weighted by molar-refractivity contribution is 7.89. The second kappa shape index (κ2) is 7.44. The summed E-state index contributed by atoms with van der Waals surface area (Å²) in [6, 6.07) is 16.1. The van der Waals surface area contributed by atoms with Gasteiger partial charge in [0, 0.05) is 31.7 Å². The number of hydrogen-bond acceptors (Lipinski definition) is 3. The van der Waals surface area contributed by atoms with E-state index >= 15 is 0 Å². The van der Waals surface area contributed by atoms with Gasteiger partial charge in [-0.15, -0.1) is 0 Å². The summed E-state index contributed by atoms with van der Waals surface area (Å²) >= 11 is 0. The molecule has 0 bridgehead atoms. The third-order valence-electron chi connectivity index (χ3n) is 5.22. The van der Waals surface area contributed by atoms with Gasteiger partial charge in [0.25, 0.3) is 5.91 Å². The number of benzene rings is 2. The molecule has 1 heterocycles. The van der Waals surface area contributed by atoms with Gasteiger partial charge in [0.05, 0.1) is 4.90 Å². The number of carbonyl (C=O) groups is 1. The topological polar surface area (TPSA) is 57.7 Å². The molecule has 2 aliphatic rings. The van der Waals surface area contributed by atoms with Gasteiger partial charge in [-0.1, -0.05) is 36.4 Å². The van der Waals surface area contributed by atoms with Gasteiger partial charge in [-0.2, -0.15) is 4.31 Å². The summed E-state index contributed by atoms with van der Waals surface area (Å²) in [5, 5.41) is 0. The summed E-state index contributed by atoms with van der Waals surface area (Å²) in [7, 11) is -3.66. The van der Waals surface area contributed by atoms with Crippen LogP contribution >= 0.6 is 0 Å². The van der Waals surface area contributed by atoms with Gasteiger partial charge >= 0.3 is 0 Å². The summed E-state index contributed by atoms with van der Waals surface area (Å²) in [5.74, 6) is 0.351. The van der Waals surface area contributed by atoms with Crippen molar-refractivity contribution >= 4 is 15.9 Å². The Hall–Kier alpha value is -2.18. The van der Waals surface area contributed by atoms with Crippen molar-refractivity contribution in [2.75, 3.05) is 19.6 Å². The van der Waals surface area contributed by atoms with Crippen molar-refractivity contribution in [3.8, 4) is 0 Å². The van der Waals surface area contributed by atoms with E-state index in [0.29, 0.717) is 24.6 Å². The standard InChI is InChI=1S/C21H24N2O3S/c24-21(22-12-5-13-22)19-8-4-9-20(14-19)27(25,26)23(16-18-10-11-18)15-17-6-2-1-3-7-17/h1-4,6-9,14,18H,5,10-13,15-16H2. The van der Waals surface area contributed by atoms with E-state index in [0.717, 1.165) is 37.9 Å². The fourth-order valence-electron chi connectivity index (χ4n) is 3.26. The largest absolute Gasteiger partial charge is 0.339 e. The fourth-order valence-corrected chi connectivity index (χ4v) is 4.81. The molecule has 1 saturated heterocycles. The molecule has 1 amide bonds. The molecule has 0 radical (unpaired) electrons. The van der Waals surface area contributed by atoms with Crippen LogP contribution < -0.4 is 0 Å². The Morgan fingerprint density at radius 2 is 1.78 bits per heavy atom. The van der Waals surface area contributed by atoms with Crippen molar-refractivity contribution in [1.82, 2.24) is 9.21 Å². The average molecular weight is 385 g/mol. The molecule has 0 N–H and O–H groups in total. The van der Waals surface area contributed by atoms with Gasteiger partial charge in [0.15, 0.2) is 0 Å². The molecule has 1 aliphatic heterocycles. The Balaban J connectivity index is 1.61. The van der Waals surface area contributed by atoms with E-state index < -0.39 is 10.0 Å². The molecule has 2 aromatic rings. The van der Waals surface area contributed by atoms with Gasteiger partial charge < -0.3 is 4.90 Å². The lowest BCUT2D eigenvalue weighted by molar-refractivity contribution is 0.0651. The minimum Gasteiger partial charge on any atom is -0.339 e. The summed E-state index contributed by atoms with van der Waals surface area (Å²) < 4.78 is 28.2. The maximum Gasteiger partial charge on any atom is 0.253 e. The molecule has 6 heteroatoms. The van der Waals surface area contributed by atoms with Crippen LogP contribution in [0.3, 0.4) is 0 Å². The van der Waals surface area contributed by atoms with E-state index in [4.69, 9.17) is 0 Å². The molecule has 0 spiro atoms. The van der Waals surface area contributed by atoms with Crippen LogP contribution in [0.5, 0.6) is 0 Å². The third-order valence-corrected chi connectivity index (χ3v) is 7.03. The van der Waals surface area contributed by atoms with Crippen LogP contribution in [0.4, 0.5) is 0 Å². The maximum atomic E-state index is 13.3. The monoisotopic (exact) mass is 384 g/mol. The highest BCUT2D eigenvalue weighted by Crippen LogP contribution is 2.32. The Kier molecular flexibility index (Phi) is 5.02. The number of sulfonamides is 1. The molecule has 2 aromatic carbocycles. The zero-order valence-corrected chi connectivity index (χ0v) is 16.1. The SMILES string of the molecule is O=C(c1cccc(S(=O)(=O)N(Cc2ccccc2)CC2CC2)c1)N1CCC1. The molecule has 2 fully saturated rings. The second-order valence-corrected chi connectivity index (χ2v) is 9.34. The van der Waals surface area contributed by atoms with E-state index in [2.05, 4.69) is 0 Å². The Morgan fingerprint density at radius 1 is 1.04 bits per heavy atom. The molecule has 142 valence electrons. The first-order chi connectivity index (χ1) is 13.0. The predicted molar refractivity (Wildman–Crippen MR) is 104 cm³/mol. The van der Waals surface area contributed by atoms with Crippen molar-refractivity contribution in [3.63, 3.8) is 0 Å². The summed E-state index contributed by atoms with van der Waals surface area (Å²) in [6.45, 7) is 2.38. The number of carbonyl (C=O) groups excluding carboxylic acids is 1. The van der Waals surface area contributed by atoms with Crippen LogP contribution in [0.2, 0.25) is 0 Å². The molecular formula is C21H24N2O3S. The molecule has 0 aromatic heterocycles. The van der Waals surface area contributed by atoms with Gasteiger partial charge in [-0.3, -0.25) is 4.79 Å². The smallest absolute Gasteiger partial charge is 0.253 e. The minimum atomic E-state index is -3.66. The number of amides is 1. The van der Waals surface area contributed by atoms with Crippen molar-refractivity contribution in [2.45, 2.75) is 30.7 Å². The maximum absolute atomic E-state index is 13.3. The molecular weight excluding hydrogens is 360 g/mol. The normalized spacial score (nSPS) is 17.0. The van der Waals surface area contributed by atoms with Gasteiger partial charge in [-0.05, 0) is 48.9 Å². The molecule has 1 aliphatic carbocycles.